The van der Waals surface area contributed by atoms with Gasteiger partial charge in [-0.3, -0.25) is 28.8 Å². The lowest BCUT2D eigenvalue weighted by Gasteiger charge is -2.36. The van der Waals surface area contributed by atoms with Gasteiger partial charge < -0.3 is 30.7 Å². The van der Waals surface area contributed by atoms with E-state index in [1.807, 2.05) is 30.5 Å². The fourth-order valence-electron chi connectivity index (χ4n) is 10.2. The number of hydrogen-bond acceptors (Lipinski definition) is 15. The number of aromatic nitrogens is 6. The first-order valence-corrected chi connectivity index (χ1v) is 24.1. The second kappa shape index (κ2) is 21.1. The lowest BCUT2D eigenvalue weighted by Crippen LogP contribution is -2.49. The van der Waals surface area contributed by atoms with Crippen LogP contribution in [0.3, 0.4) is 0 Å². The molecule has 0 spiro atoms. The molecule has 354 valence electrons. The highest BCUT2D eigenvalue weighted by Gasteiger charge is 2.27. The predicted octanol–water partition coefficient (Wildman–Crippen LogP) is 5.41. The number of halogens is 1. The first-order valence-electron chi connectivity index (χ1n) is 24.1. The fourth-order valence-corrected chi connectivity index (χ4v) is 10.2. The van der Waals surface area contributed by atoms with Crippen LogP contribution >= 0.6 is 0 Å². The number of hydrogen-bond donors (Lipinski definition) is 3. The Morgan fingerprint density at radius 2 is 1.57 bits per heavy atom. The molecule has 9 rings (SSSR count). The lowest BCUT2D eigenvalue weighted by atomic mass is 10.0. The van der Waals surface area contributed by atoms with Crippen LogP contribution in [0.2, 0.25) is 0 Å². The molecule has 17 nitrogen and oxygen atoms in total. The van der Waals surface area contributed by atoms with E-state index < -0.39 is 0 Å². The number of aryl methyl sites for hydroxylation is 1. The van der Waals surface area contributed by atoms with Gasteiger partial charge in [0.15, 0.2) is 5.78 Å². The number of rotatable bonds is 16. The topological polar surface area (TPSA) is 173 Å². The van der Waals surface area contributed by atoms with E-state index >= 15 is 0 Å². The normalized spacial score (nSPS) is 18.7. The average Bonchev–Trinajstić information content (AvgIpc) is 3.87. The van der Waals surface area contributed by atoms with Crippen molar-refractivity contribution in [2.45, 2.75) is 77.3 Å². The van der Waals surface area contributed by atoms with Crippen LogP contribution in [0.4, 0.5) is 39.2 Å². The standard InChI is InChI=1S/C49H63FN14O3/c1-34-41-30-53-49(58-47(41)64(38-11-3-4-12-38)48(67)46(34)35(2)65)57-42-15-14-40(29-52-42)61-23-21-60(22-24-61)32-45(66)51-16-5-6-17-59-19-25-62(26-20-59)44-28-43(54-33-55-44)56-37-10-8-18-63(31-37)39-13-7-9-36(50)27-39/h7,9,13-15,27-30,33,37-38H,3-6,8,10-12,16-26,31-32H2,1-2H3,(H,51,66)(H,54,55,56)(H,52,53,57,58)/t37-/m1/s1. The summed E-state index contributed by atoms with van der Waals surface area (Å²) in [4.78, 5) is 73.5. The number of fused-ring (bicyclic) bond motifs is 1. The molecule has 3 aliphatic heterocycles. The second-order valence-corrected chi connectivity index (χ2v) is 18.4. The van der Waals surface area contributed by atoms with Gasteiger partial charge in [0, 0.05) is 107 Å². The quantitative estimate of drug-likeness (QED) is 0.0848. The number of piperidine rings is 1. The molecule has 1 amide bonds. The van der Waals surface area contributed by atoms with Crippen LogP contribution in [0.25, 0.3) is 11.0 Å². The van der Waals surface area contributed by atoms with Crippen LogP contribution in [-0.4, -0.2) is 142 Å². The Balaban J connectivity index is 0.662. The number of pyridine rings is 2. The molecule has 1 aromatic carbocycles. The van der Waals surface area contributed by atoms with E-state index in [0.717, 1.165) is 146 Å². The van der Waals surface area contributed by atoms with E-state index in [1.165, 1.54) is 13.0 Å². The zero-order valence-electron chi connectivity index (χ0n) is 38.8. The van der Waals surface area contributed by atoms with E-state index in [9.17, 15) is 18.8 Å². The Labute approximate surface area is 391 Å². The molecular formula is C49H63FN14O3. The number of nitrogens with one attached hydrogen (secondary N) is 3. The molecule has 1 atom stereocenters. The van der Waals surface area contributed by atoms with Gasteiger partial charge in [-0.05, 0) is 94.8 Å². The first-order chi connectivity index (χ1) is 32.6. The number of Topliss-reactive ketones (excluding diaryl/α,β-unsaturated/α-hetero) is 1. The number of amides is 1. The highest BCUT2D eigenvalue weighted by atomic mass is 19.1. The molecule has 3 N–H and O–H groups in total. The van der Waals surface area contributed by atoms with Crippen molar-refractivity contribution in [3.8, 4) is 0 Å². The van der Waals surface area contributed by atoms with E-state index in [0.29, 0.717) is 41.5 Å². The minimum absolute atomic E-state index is 0.00746. The van der Waals surface area contributed by atoms with Crippen molar-refractivity contribution in [3.63, 3.8) is 0 Å². The van der Waals surface area contributed by atoms with Crippen LogP contribution in [0.1, 0.15) is 80.3 Å². The lowest BCUT2D eigenvalue weighted by molar-refractivity contribution is -0.122. The van der Waals surface area contributed by atoms with Crippen LogP contribution in [0, 0.1) is 12.7 Å². The van der Waals surface area contributed by atoms with Gasteiger partial charge in [0.05, 0.1) is 24.0 Å². The molecular weight excluding hydrogens is 852 g/mol. The number of unbranched alkanes of at least 4 members (excludes halogenated alkanes) is 1. The molecule has 0 unspecified atom stereocenters. The van der Waals surface area contributed by atoms with Crippen molar-refractivity contribution in [3.05, 3.63) is 88.5 Å². The molecule has 5 aromatic rings. The summed E-state index contributed by atoms with van der Waals surface area (Å²) in [6, 6.07) is 13.0. The summed E-state index contributed by atoms with van der Waals surface area (Å²) in [7, 11) is 0. The maximum absolute atomic E-state index is 13.9. The van der Waals surface area contributed by atoms with Gasteiger partial charge in [-0.15, -0.1) is 0 Å². The number of carbonyl (C=O) groups excluding carboxylic acids is 2. The third-order valence-corrected chi connectivity index (χ3v) is 13.9. The van der Waals surface area contributed by atoms with Crippen molar-refractivity contribution in [2.24, 2.45) is 0 Å². The van der Waals surface area contributed by atoms with Gasteiger partial charge in [0.1, 0.15) is 35.2 Å². The molecule has 4 aliphatic rings. The van der Waals surface area contributed by atoms with Crippen molar-refractivity contribution in [1.29, 1.82) is 0 Å². The number of piperazine rings is 2. The molecule has 1 saturated carbocycles. The maximum atomic E-state index is 13.9. The zero-order valence-corrected chi connectivity index (χ0v) is 38.8. The van der Waals surface area contributed by atoms with Crippen molar-refractivity contribution in [1.82, 2.24) is 44.6 Å². The minimum atomic E-state index is -0.275. The van der Waals surface area contributed by atoms with Gasteiger partial charge in [0.2, 0.25) is 11.9 Å². The number of anilines is 6. The third kappa shape index (κ3) is 11.1. The summed E-state index contributed by atoms with van der Waals surface area (Å²) in [5.41, 5.74) is 3.01. The average molecular weight is 915 g/mol. The van der Waals surface area contributed by atoms with Crippen molar-refractivity contribution < 1.29 is 14.0 Å². The smallest absolute Gasteiger partial charge is 0.263 e. The third-order valence-electron chi connectivity index (χ3n) is 13.9. The summed E-state index contributed by atoms with van der Waals surface area (Å²) in [5, 5.41) is 10.7. The Morgan fingerprint density at radius 1 is 0.776 bits per heavy atom. The largest absolute Gasteiger partial charge is 0.369 e. The molecule has 4 fully saturated rings. The molecule has 67 heavy (non-hydrogen) atoms. The molecule has 1 aliphatic carbocycles. The first kappa shape index (κ1) is 45.9. The Hall–Kier alpha value is -6.27. The maximum Gasteiger partial charge on any atom is 0.263 e. The van der Waals surface area contributed by atoms with E-state index in [1.54, 1.807) is 36.1 Å². The Bertz CT molecular complexity index is 2570. The van der Waals surface area contributed by atoms with E-state index in [4.69, 9.17) is 4.98 Å². The fraction of sp³-hybridized carbons (Fsp3) is 0.510. The molecule has 3 saturated heterocycles. The van der Waals surface area contributed by atoms with Crippen molar-refractivity contribution in [2.75, 3.05) is 110 Å². The summed E-state index contributed by atoms with van der Waals surface area (Å²) in [6.07, 6.45) is 13.0. The minimum Gasteiger partial charge on any atom is -0.369 e. The van der Waals surface area contributed by atoms with Gasteiger partial charge in [0.25, 0.3) is 5.56 Å². The van der Waals surface area contributed by atoms with E-state index in [-0.39, 0.29) is 40.7 Å². The van der Waals surface area contributed by atoms with Crippen LogP contribution < -0.4 is 36.2 Å². The summed E-state index contributed by atoms with van der Waals surface area (Å²) in [5.74, 6) is 2.30. The zero-order chi connectivity index (χ0) is 46.3. The monoisotopic (exact) mass is 915 g/mol. The summed E-state index contributed by atoms with van der Waals surface area (Å²) >= 11 is 0. The highest BCUT2D eigenvalue weighted by molar-refractivity contribution is 5.99. The predicted molar refractivity (Wildman–Crippen MR) is 260 cm³/mol. The van der Waals surface area contributed by atoms with Crippen LogP contribution in [0.15, 0.2) is 66.0 Å². The SMILES string of the molecule is CC(=O)c1c(C)c2cnc(Nc3ccc(N4CCN(CC(=O)NCCCCN5CCN(c6cc(N[C@@H]7CCCN(c8cccc(F)c8)C7)ncn6)CC5)CC4)cn3)nc2n(C2CCCC2)c1=O. The van der Waals surface area contributed by atoms with Gasteiger partial charge >= 0.3 is 0 Å². The van der Waals surface area contributed by atoms with E-state index in [2.05, 4.69) is 60.4 Å². The molecule has 4 aromatic heterocycles. The number of carbonyl (C=O) groups is 2. The number of ketones is 1. The van der Waals surface area contributed by atoms with Gasteiger partial charge in [-0.2, -0.15) is 4.98 Å². The number of benzene rings is 1. The summed E-state index contributed by atoms with van der Waals surface area (Å²) < 4.78 is 15.6. The van der Waals surface area contributed by atoms with Gasteiger partial charge in [-0.25, -0.2) is 24.3 Å². The number of nitrogens with zero attached hydrogens (tertiary/aromatic N) is 11. The van der Waals surface area contributed by atoms with Gasteiger partial charge in [-0.1, -0.05) is 18.9 Å². The molecule has 0 bridgehead atoms. The highest BCUT2D eigenvalue weighted by Crippen LogP contribution is 2.32. The van der Waals surface area contributed by atoms with Crippen LogP contribution in [0.5, 0.6) is 0 Å². The molecule has 0 radical (unpaired) electrons. The Kier molecular flexibility index (Phi) is 14.5. The van der Waals surface area contributed by atoms with Crippen molar-refractivity contribution >= 4 is 57.5 Å². The molecule has 18 heteroatoms. The van der Waals surface area contributed by atoms with Crippen LogP contribution in [-0.2, 0) is 4.79 Å². The Morgan fingerprint density at radius 3 is 2.33 bits per heavy atom. The summed E-state index contributed by atoms with van der Waals surface area (Å²) in [6.45, 7) is 13.9. The second-order valence-electron chi connectivity index (χ2n) is 18.4. The molecule has 7 heterocycles.